The van der Waals surface area contributed by atoms with Gasteiger partial charge in [-0.05, 0) is 36.1 Å². The summed E-state index contributed by atoms with van der Waals surface area (Å²) in [5.41, 5.74) is 1.12. The van der Waals surface area contributed by atoms with Crippen LogP contribution in [0.1, 0.15) is 26.3 Å². The van der Waals surface area contributed by atoms with E-state index in [2.05, 4.69) is 26.1 Å². The molecule has 3 heteroatoms. The van der Waals surface area contributed by atoms with Gasteiger partial charge in [0.15, 0.2) is 11.5 Å². The smallest absolute Gasteiger partial charge is 0.160 e. The summed E-state index contributed by atoms with van der Waals surface area (Å²) in [7, 11) is 1.56. The van der Waals surface area contributed by atoms with Gasteiger partial charge >= 0.3 is 0 Å². The van der Waals surface area contributed by atoms with Crippen LogP contribution in [0.25, 0.3) is 0 Å². The second-order valence-corrected chi connectivity index (χ2v) is 4.86. The number of nitrogens with one attached hydrogen (secondary N) is 1. The molecule has 1 unspecified atom stereocenters. The van der Waals surface area contributed by atoms with Crippen LogP contribution in [0.4, 0.5) is 0 Å². The maximum Gasteiger partial charge on any atom is 0.160 e. The summed E-state index contributed by atoms with van der Waals surface area (Å²) >= 11 is 0. The third kappa shape index (κ3) is 4.27. The van der Waals surface area contributed by atoms with Crippen molar-refractivity contribution in [3.63, 3.8) is 0 Å². The highest BCUT2D eigenvalue weighted by atomic mass is 16.5. The van der Waals surface area contributed by atoms with Gasteiger partial charge in [-0.3, -0.25) is 0 Å². The van der Waals surface area contributed by atoms with Crippen LogP contribution >= 0.6 is 0 Å². The van der Waals surface area contributed by atoms with Crippen LogP contribution in [0.15, 0.2) is 18.2 Å². The highest BCUT2D eigenvalue weighted by Crippen LogP contribution is 2.26. The normalized spacial score (nSPS) is 12.8. The molecule has 0 aliphatic heterocycles. The summed E-state index contributed by atoms with van der Waals surface area (Å²) in [6.45, 7) is 8.51. The molecule has 0 aliphatic rings. The summed E-state index contributed by atoms with van der Waals surface area (Å²) in [4.78, 5) is 0. The minimum absolute atomic E-state index is 0.187. The fraction of sp³-hybridized carbons (Fsp3) is 0.571. The van der Waals surface area contributed by atoms with Crippen LogP contribution in [0.3, 0.4) is 0 Å². The van der Waals surface area contributed by atoms with Gasteiger partial charge in [-0.15, -0.1) is 0 Å². The number of ether oxygens (including phenoxy) is 1. The fourth-order valence-electron chi connectivity index (χ4n) is 1.51. The van der Waals surface area contributed by atoms with Crippen LogP contribution in [-0.2, 0) is 6.54 Å². The monoisotopic (exact) mass is 237 g/mol. The first kappa shape index (κ1) is 13.8. The Kier molecular flexibility index (Phi) is 5.29. The van der Waals surface area contributed by atoms with Crippen molar-refractivity contribution in [2.45, 2.75) is 27.3 Å². The molecular weight excluding hydrogens is 214 g/mol. The van der Waals surface area contributed by atoms with Crippen molar-refractivity contribution >= 4 is 0 Å². The van der Waals surface area contributed by atoms with E-state index in [0.717, 1.165) is 18.7 Å². The molecule has 0 heterocycles. The van der Waals surface area contributed by atoms with E-state index < -0.39 is 0 Å². The van der Waals surface area contributed by atoms with E-state index in [1.165, 1.54) is 0 Å². The van der Waals surface area contributed by atoms with Crippen molar-refractivity contribution in [1.29, 1.82) is 0 Å². The van der Waals surface area contributed by atoms with Gasteiger partial charge in [-0.25, -0.2) is 0 Å². The average molecular weight is 237 g/mol. The van der Waals surface area contributed by atoms with Crippen LogP contribution in [-0.4, -0.2) is 18.8 Å². The van der Waals surface area contributed by atoms with Crippen molar-refractivity contribution in [3.8, 4) is 11.5 Å². The standard InChI is InChI=1S/C14H23NO2/c1-10(2)11(3)8-15-9-12-5-6-13(16)14(7-12)17-4/h5-7,10-11,15-16H,8-9H2,1-4H3. The molecule has 17 heavy (non-hydrogen) atoms. The van der Waals surface area contributed by atoms with E-state index in [4.69, 9.17) is 4.74 Å². The summed E-state index contributed by atoms with van der Waals surface area (Å²) in [5.74, 6) is 2.07. The van der Waals surface area contributed by atoms with Gasteiger partial charge in [-0.2, -0.15) is 0 Å². The van der Waals surface area contributed by atoms with Crippen molar-refractivity contribution in [1.82, 2.24) is 5.32 Å². The van der Waals surface area contributed by atoms with Gasteiger partial charge in [0, 0.05) is 6.54 Å². The van der Waals surface area contributed by atoms with Gasteiger partial charge < -0.3 is 15.2 Å². The summed E-state index contributed by atoms with van der Waals surface area (Å²) in [5, 5.41) is 12.9. The Labute approximate surface area is 104 Å². The maximum absolute atomic E-state index is 9.48. The van der Waals surface area contributed by atoms with E-state index in [0.29, 0.717) is 17.6 Å². The molecule has 0 amide bonds. The third-order valence-electron chi connectivity index (χ3n) is 3.18. The van der Waals surface area contributed by atoms with Crippen molar-refractivity contribution in [2.24, 2.45) is 11.8 Å². The van der Waals surface area contributed by atoms with E-state index in [-0.39, 0.29) is 5.75 Å². The predicted octanol–water partition coefficient (Wildman–Crippen LogP) is 2.78. The summed E-state index contributed by atoms with van der Waals surface area (Å²) in [6, 6.07) is 5.44. The van der Waals surface area contributed by atoms with Crippen LogP contribution in [0.5, 0.6) is 11.5 Å². The maximum atomic E-state index is 9.48. The quantitative estimate of drug-likeness (QED) is 0.799. The van der Waals surface area contributed by atoms with Gasteiger partial charge in [0.2, 0.25) is 0 Å². The Balaban J connectivity index is 2.47. The van der Waals surface area contributed by atoms with Crippen molar-refractivity contribution in [3.05, 3.63) is 23.8 Å². The van der Waals surface area contributed by atoms with Crippen LogP contribution in [0, 0.1) is 11.8 Å². The molecule has 0 spiro atoms. The minimum atomic E-state index is 0.187. The molecule has 0 saturated carbocycles. The minimum Gasteiger partial charge on any atom is -0.504 e. The fourth-order valence-corrected chi connectivity index (χ4v) is 1.51. The van der Waals surface area contributed by atoms with Gasteiger partial charge in [-0.1, -0.05) is 26.8 Å². The number of methoxy groups -OCH3 is 1. The zero-order valence-corrected chi connectivity index (χ0v) is 11.2. The lowest BCUT2D eigenvalue weighted by Gasteiger charge is -2.16. The molecule has 0 fully saturated rings. The van der Waals surface area contributed by atoms with E-state index in [1.54, 1.807) is 13.2 Å². The Morgan fingerprint density at radius 1 is 1.29 bits per heavy atom. The Hall–Kier alpha value is -1.22. The highest BCUT2D eigenvalue weighted by Gasteiger charge is 2.07. The molecule has 1 aromatic carbocycles. The lowest BCUT2D eigenvalue weighted by atomic mass is 9.98. The summed E-state index contributed by atoms with van der Waals surface area (Å²) < 4.78 is 5.07. The van der Waals surface area contributed by atoms with Gasteiger partial charge in [0.25, 0.3) is 0 Å². The zero-order chi connectivity index (χ0) is 12.8. The first-order chi connectivity index (χ1) is 8.04. The number of phenols is 1. The zero-order valence-electron chi connectivity index (χ0n) is 11.2. The number of rotatable bonds is 6. The Morgan fingerprint density at radius 3 is 2.59 bits per heavy atom. The molecule has 1 atom stereocenters. The molecular formula is C14H23NO2. The number of phenolic OH excluding ortho intramolecular Hbond substituents is 1. The molecule has 3 nitrogen and oxygen atoms in total. The number of hydrogen-bond donors (Lipinski definition) is 2. The molecule has 0 saturated heterocycles. The lowest BCUT2D eigenvalue weighted by Crippen LogP contribution is -2.23. The molecule has 1 rings (SSSR count). The second-order valence-electron chi connectivity index (χ2n) is 4.86. The SMILES string of the molecule is COc1cc(CNCC(C)C(C)C)ccc1O. The number of benzene rings is 1. The molecule has 96 valence electrons. The number of hydrogen-bond acceptors (Lipinski definition) is 3. The first-order valence-electron chi connectivity index (χ1n) is 6.11. The third-order valence-corrected chi connectivity index (χ3v) is 3.18. The second kappa shape index (κ2) is 6.50. The van der Waals surface area contributed by atoms with Gasteiger partial charge in [0.1, 0.15) is 0 Å². The molecule has 1 aromatic rings. The predicted molar refractivity (Wildman–Crippen MR) is 70.4 cm³/mol. The van der Waals surface area contributed by atoms with E-state index in [9.17, 15) is 5.11 Å². The molecule has 0 bridgehead atoms. The molecule has 0 aromatic heterocycles. The van der Waals surface area contributed by atoms with Crippen molar-refractivity contribution < 1.29 is 9.84 Å². The average Bonchev–Trinajstić information content (AvgIpc) is 2.31. The highest BCUT2D eigenvalue weighted by molar-refractivity contribution is 5.41. The van der Waals surface area contributed by atoms with E-state index in [1.807, 2.05) is 12.1 Å². The lowest BCUT2D eigenvalue weighted by molar-refractivity contribution is 0.371. The van der Waals surface area contributed by atoms with Crippen molar-refractivity contribution in [2.75, 3.05) is 13.7 Å². The number of aromatic hydroxyl groups is 1. The molecule has 0 radical (unpaired) electrons. The summed E-state index contributed by atoms with van der Waals surface area (Å²) in [6.07, 6.45) is 0. The Morgan fingerprint density at radius 2 is 2.00 bits per heavy atom. The largest absolute Gasteiger partial charge is 0.504 e. The van der Waals surface area contributed by atoms with Crippen LogP contribution < -0.4 is 10.1 Å². The Bertz CT molecular complexity index is 350. The van der Waals surface area contributed by atoms with Crippen LogP contribution in [0.2, 0.25) is 0 Å². The first-order valence-corrected chi connectivity index (χ1v) is 6.11. The van der Waals surface area contributed by atoms with E-state index >= 15 is 0 Å². The van der Waals surface area contributed by atoms with Gasteiger partial charge in [0.05, 0.1) is 7.11 Å². The molecule has 0 aliphatic carbocycles. The molecule has 2 N–H and O–H groups in total. The topological polar surface area (TPSA) is 41.5 Å².